The molecule has 3 N–H and O–H groups in total. The minimum Gasteiger partial charge on any atom is -0.366 e. The molecule has 0 radical (unpaired) electrons. The predicted molar refractivity (Wildman–Crippen MR) is 84.9 cm³/mol. The molecule has 2 amide bonds. The van der Waals surface area contributed by atoms with Crippen LogP contribution in [0.2, 0.25) is 0 Å². The third kappa shape index (κ3) is 3.30. The summed E-state index contributed by atoms with van der Waals surface area (Å²) in [6.45, 7) is 7.77. The van der Waals surface area contributed by atoms with E-state index in [1.807, 2.05) is 27.7 Å². The van der Waals surface area contributed by atoms with E-state index in [-0.39, 0.29) is 5.91 Å². The van der Waals surface area contributed by atoms with Crippen molar-refractivity contribution in [2.24, 2.45) is 5.73 Å². The van der Waals surface area contributed by atoms with Crippen LogP contribution in [0.25, 0.3) is 0 Å². The predicted octanol–water partition coefficient (Wildman–Crippen LogP) is 2.59. The van der Waals surface area contributed by atoms with Crippen molar-refractivity contribution >= 4 is 34.5 Å². The topological polar surface area (TPSA) is 85.1 Å². The van der Waals surface area contributed by atoms with Crippen LogP contribution in [0, 0.1) is 13.8 Å². The summed E-state index contributed by atoms with van der Waals surface area (Å²) in [6.07, 6.45) is 0. The first-order chi connectivity index (χ1) is 9.70. The SMILES string of the molecule is Cc1nc(C(C)(C)NC(=O)c2cc(C(N)=O)cs2)sc1C. The fourth-order valence-corrected chi connectivity index (χ4v) is 3.49. The normalized spacial score (nSPS) is 11.4. The summed E-state index contributed by atoms with van der Waals surface area (Å²) in [7, 11) is 0. The summed E-state index contributed by atoms with van der Waals surface area (Å²) >= 11 is 2.77. The van der Waals surface area contributed by atoms with Crippen LogP contribution in [0.5, 0.6) is 0 Å². The Morgan fingerprint density at radius 1 is 1.33 bits per heavy atom. The van der Waals surface area contributed by atoms with Gasteiger partial charge in [-0.2, -0.15) is 0 Å². The molecule has 2 aromatic heterocycles. The molecular formula is C14H17N3O2S2. The Bertz CT molecular complexity index is 681. The Balaban J connectivity index is 2.18. The number of amides is 2. The van der Waals surface area contributed by atoms with E-state index in [1.165, 1.54) is 17.4 Å². The van der Waals surface area contributed by atoms with E-state index in [2.05, 4.69) is 10.3 Å². The minimum atomic E-state index is -0.572. The molecule has 2 heterocycles. The van der Waals surface area contributed by atoms with Crippen LogP contribution < -0.4 is 11.1 Å². The lowest BCUT2D eigenvalue weighted by Gasteiger charge is -2.23. The van der Waals surface area contributed by atoms with E-state index in [9.17, 15) is 9.59 Å². The fraction of sp³-hybridized carbons (Fsp3) is 0.357. The molecule has 0 saturated carbocycles. The van der Waals surface area contributed by atoms with Gasteiger partial charge in [0.15, 0.2) is 0 Å². The van der Waals surface area contributed by atoms with Crippen LogP contribution in [0.15, 0.2) is 11.4 Å². The Morgan fingerprint density at radius 2 is 2.00 bits per heavy atom. The second kappa shape index (κ2) is 5.57. The summed E-state index contributed by atoms with van der Waals surface area (Å²) in [5.74, 6) is -0.765. The minimum absolute atomic E-state index is 0.233. The van der Waals surface area contributed by atoms with Gasteiger partial charge in [0.2, 0.25) is 5.91 Å². The highest BCUT2D eigenvalue weighted by molar-refractivity contribution is 7.12. The van der Waals surface area contributed by atoms with Gasteiger partial charge in [-0.1, -0.05) is 0 Å². The van der Waals surface area contributed by atoms with Crippen LogP contribution in [0.1, 0.15) is 49.5 Å². The lowest BCUT2D eigenvalue weighted by Crippen LogP contribution is -2.40. The Kier molecular flexibility index (Phi) is 4.15. The second-order valence-electron chi connectivity index (χ2n) is 5.30. The lowest BCUT2D eigenvalue weighted by molar-refractivity contribution is 0.0916. The van der Waals surface area contributed by atoms with E-state index in [4.69, 9.17) is 5.73 Å². The van der Waals surface area contributed by atoms with Gasteiger partial charge in [-0.15, -0.1) is 22.7 Å². The van der Waals surface area contributed by atoms with Crippen molar-refractivity contribution < 1.29 is 9.59 Å². The number of carbonyl (C=O) groups excluding carboxylic acids is 2. The maximum atomic E-state index is 12.3. The van der Waals surface area contributed by atoms with Crippen LogP contribution in [0.4, 0.5) is 0 Å². The number of hydrogen-bond donors (Lipinski definition) is 2. The molecule has 0 fully saturated rings. The highest BCUT2D eigenvalue weighted by atomic mass is 32.1. The zero-order valence-corrected chi connectivity index (χ0v) is 13.9. The van der Waals surface area contributed by atoms with Gasteiger partial charge in [0, 0.05) is 10.3 Å². The van der Waals surface area contributed by atoms with E-state index >= 15 is 0 Å². The largest absolute Gasteiger partial charge is 0.366 e. The molecule has 21 heavy (non-hydrogen) atoms. The number of thiophene rings is 1. The van der Waals surface area contributed by atoms with Crippen LogP contribution in [-0.4, -0.2) is 16.8 Å². The fourth-order valence-electron chi connectivity index (χ4n) is 1.72. The second-order valence-corrected chi connectivity index (χ2v) is 7.42. The van der Waals surface area contributed by atoms with Crippen molar-refractivity contribution in [3.05, 3.63) is 37.5 Å². The van der Waals surface area contributed by atoms with Gasteiger partial charge < -0.3 is 11.1 Å². The highest BCUT2D eigenvalue weighted by Crippen LogP contribution is 2.28. The molecule has 0 aliphatic rings. The molecule has 0 atom stereocenters. The average Bonchev–Trinajstić information content (AvgIpc) is 2.97. The van der Waals surface area contributed by atoms with Crippen molar-refractivity contribution in [1.82, 2.24) is 10.3 Å². The van der Waals surface area contributed by atoms with Crippen LogP contribution >= 0.6 is 22.7 Å². The Labute approximate surface area is 131 Å². The number of aryl methyl sites for hydroxylation is 2. The molecule has 112 valence electrons. The van der Waals surface area contributed by atoms with E-state index in [1.54, 1.807) is 16.7 Å². The average molecular weight is 323 g/mol. The van der Waals surface area contributed by atoms with Crippen molar-refractivity contribution in [1.29, 1.82) is 0 Å². The molecule has 0 saturated heterocycles. The van der Waals surface area contributed by atoms with Gasteiger partial charge >= 0.3 is 0 Å². The summed E-state index contributed by atoms with van der Waals surface area (Å²) in [6, 6.07) is 1.51. The van der Waals surface area contributed by atoms with Gasteiger partial charge in [0.1, 0.15) is 5.01 Å². The number of aromatic nitrogens is 1. The summed E-state index contributed by atoms with van der Waals surface area (Å²) < 4.78 is 0. The molecule has 0 spiro atoms. The molecule has 0 aliphatic carbocycles. The van der Waals surface area contributed by atoms with Crippen LogP contribution in [-0.2, 0) is 5.54 Å². The third-order valence-corrected chi connectivity index (χ3v) is 5.42. The molecule has 2 rings (SSSR count). The monoisotopic (exact) mass is 323 g/mol. The number of hydrogen-bond acceptors (Lipinski definition) is 5. The first-order valence-electron chi connectivity index (χ1n) is 6.36. The molecule has 0 bridgehead atoms. The van der Waals surface area contributed by atoms with Crippen molar-refractivity contribution in [2.75, 3.05) is 0 Å². The number of nitrogens with one attached hydrogen (secondary N) is 1. The van der Waals surface area contributed by atoms with Crippen molar-refractivity contribution in [3.8, 4) is 0 Å². The van der Waals surface area contributed by atoms with E-state index in [0.29, 0.717) is 10.4 Å². The highest BCUT2D eigenvalue weighted by Gasteiger charge is 2.28. The first-order valence-corrected chi connectivity index (χ1v) is 8.05. The summed E-state index contributed by atoms with van der Waals surface area (Å²) in [5, 5.41) is 5.39. The van der Waals surface area contributed by atoms with Crippen LogP contribution in [0.3, 0.4) is 0 Å². The maximum absolute atomic E-state index is 12.3. The van der Waals surface area contributed by atoms with Crippen molar-refractivity contribution in [2.45, 2.75) is 33.2 Å². The number of nitrogens with two attached hydrogens (primary N) is 1. The Hall–Kier alpha value is -1.73. The molecule has 5 nitrogen and oxygen atoms in total. The van der Waals surface area contributed by atoms with Gasteiger partial charge in [0.05, 0.1) is 21.7 Å². The molecule has 7 heteroatoms. The first kappa shape index (κ1) is 15.7. The zero-order valence-electron chi connectivity index (χ0n) is 12.3. The third-order valence-electron chi connectivity index (χ3n) is 3.10. The molecule has 0 aliphatic heterocycles. The molecule has 0 unspecified atom stereocenters. The van der Waals surface area contributed by atoms with Gasteiger partial charge in [-0.05, 0) is 33.8 Å². The van der Waals surface area contributed by atoms with Gasteiger partial charge in [-0.25, -0.2) is 4.98 Å². The standard InChI is InChI=1S/C14H17N3O2S2/c1-7-8(2)21-13(16-7)14(3,4)17-12(19)10-5-9(6-20-10)11(15)18/h5-6H,1-4H3,(H2,15,18)(H,17,19). The molecule has 0 aromatic carbocycles. The van der Waals surface area contributed by atoms with Crippen molar-refractivity contribution in [3.63, 3.8) is 0 Å². The number of thiazole rings is 1. The lowest BCUT2D eigenvalue weighted by atomic mass is 10.1. The number of primary amides is 1. The summed E-state index contributed by atoms with van der Waals surface area (Å²) in [5.41, 5.74) is 5.95. The zero-order chi connectivity index (χ0) is 15.8. The smallest absolute Gasteiger partial charge is 0.262 e. The summed E-state index contributed by atoms with van der Waals surface area (Å²) in [4.78, 5) is 29.5. The van der Waals surface area contributed by atoms with E-state index in [0.717, 1.165) is 15.6 Å². The quantitative estimate of drug-likeness (QED) is 0.907. The van der Waals surface area contributed by atoms with E-state index < -0.39 is 11.4 Å². The maximum Gasteiger partial charge on any atom is 0.262 e. The van der Waals surface area contributed by atoms with Gasteiger partial charge in [0.25, 0.3) is 5.91 Å². The number of rotatable bonds is 4. The van der Waals surface area contributed by atoms with Gasteiger partial charge in [-0.3, -0.25) is 9.59 Å². The molecular weight excluding hydrogens is 306 g/mol. The Morgan fingerprint density at radius 3 is 2.48 bits per heavy atom. The number of carbonyl (C=O) groups is 2. The number of nitrogens with zero attached hydrogens (tertiary/aromatic N) is 1. The molecule has 2 aromatic rings.